The molecule has 7 nitrogen and oxygen atoms in total. The van der Waals surface area contributed by atoms with E-state index in [2.05, 4.69) is 5.32 Å². The minimum Gasteiger partial charge on any atom is -0.351 e. The van der Waals surface area contributed by atoms with Crippen molar-refractivity contribution < 1.29 is 21.6 Å². The summed E-state index contributed by atoms with van der Waals surface area (Å²) in [7, 11) is -7.08. The van der Waals surface area contributed by atoms with Gasteiger partial charge in [-0.3, -0.25) is 4.79 Å². The molecule has 1 aromatic rings. The first-order valence-electron chi connectivity index (χ1n) is 6.19. The minimum absolute atomic E-state index is 0.00294. The second-order valence-corrected chi connectivity index (χ2v) is 8.52. The van der Waals surface area contributed by atoms with E-state index in [9.17, 15) is 21.6 Å². The summed E-state index contributed by atoms with van der Waals surface area (Å²) in [5.41, 5.74) is 0.543. The third kappa shape index (κ3) is 5.10. The topological polar surface area (TPSA) is 123 Å². The molecule has 0 aliphatic heterocycles. The van der Waals surface area contributed by atoms with Gasteiger partial charge in [0.2, 0.25) is 10.0 Å². The second-order valence-electron chi connectivity index (χ2n) is 4.52. The van der Waals surface area contributed by atoms with Gasteiger partial charge in [0.25, 0.3) is 5.91 Å². The maximum Gasteiger partial charge on any atom is 0.251 e. The monoisotopic (exact) mass is 334 g/mol. The van der Waals surface area contributed by atoms with Gasteiger partial charge in [0.15, 0.2) is 9.84 Å². The predicted octanol–water partition coefficient (Wildman–Crippen LogP) is -0.193. The van der Waals surface area contributed by atoms with Crippen LogP contribution in [0.3, 0.4) is 0 Å². The van der Waals surface area contributed by atoms with Crippen molar-refractivity contribution in [1.29, 1.82) is 0 Å². The molecule has 0 spiro atoms. The van der Waals surface area contributed by atoms with Crippen LogP contribution in [-0.2, 0) is 19.9 Å². The van der Waals surface area contributed by atoms with Gasteiger partial charge in [-0.2, -0.15) is 0 Å². The standard InChI is InChI=1S/C12H18N2O5S2/c1-3-20(16,17)7-6-14-12(15)10-5-4-9(2)11(8-10)21(13,18)19/h4-5,8H,3,6-7H2,1-2H3,(H,14,15)(H2,13,18,19). The van der Waals surface area contributed by atoms with E-state index < -0.39 is 25.8 Å². The van der Waals surface area contributed by atoms with Crippen LogP contribution in [0.1, 0.15) is 22.8 Å². The highest BCUT2D eigenvalue weighted by Gasteiger charge is 2.15. The molecule has 1 amide bonds. The van der Waals surface area contributed by atoms with Crippen molar-refractivity contribution in [2.45, 2.75) is 18.7 Å². The van der Waals surface area contributed by atoms with Crippen LogP contribution < -0.4 is 10.5 Å². The molecule has 0 fully saturated rings. The highest BCUT2D eigenvalue weighted by Crippen LogP contribution is 2.15. The molecule has 21 heavy (non-hydrogen) atoms. The molecule has 0 saturated carbocycles. The Kier molecular flexibility index (Phi) is 5.48. The first-order chi connectivity index (χ1) is 9.57. The van der Waals surface area contributed by atoms with Crippen LogP contribution in [0.5, 0.6) is 0 Å². The number of hydrogen-bond acceptors (Lipinski definition) is 5. The first-order valence-corrected chi connectivity index (χ1v) is 9.55. The molecule has 118 valence electrons. The summed E-state index contributed by atoms with van der Waals surface area (Å²) in [4.78, 5) is 11.7. The number of nitrogens with one attached hydrogen (secondary N) is 1. The molecular formula is C12H18N2O5S2. The van der Waals surface area contributed by atoms with Crippen LogP contribution in [0.25, 0.3) is 0 Å². The summed E-state index contributed by atoms with van der Waals surface area (Å²) in [5, 5.41) is 7.50. The largest absolute Gasteiger partial charge is 0.351 e. The number of sulfonamides is 1. The number of primary sulfonamides is 1. The van der Waals surface area contributed by atoms with Crippen molar-refractivity contribution in [3.63, 3.8) is 0 Å². The molecule has 3 N–H and O–H groups in total. The SMILES string of the molecule is CCS(=O)(=O)CCNC(=O)c1ccc(C)c(S(N)(=O)=O)c1. The van der Waals surface area contributed by atoms with Crippen molar-refractivity contribution in [3.8, 4) is 0 Å². The van der Waals surface area contributed by atoms with Crippen LogP contribution in [-0.4, -0.2) is 40.8 Å². The average molecular weight is 334 g/mol. The van der Waals surface area contributed by atoms with Crippen LogP contribution in [0, 0.1) is 6.92 Å². The number of carbonyl (C=O) groups excluding carboxylic acids is 1. The lowest BCUT2D eigenvalue weighted by molar-refractivity contribution is 0.0956. The Morgan fingerprint density at radius 1 is 1.24 bits per heavy atom. The molecule has 0 radical (unpaired) electrons. The number of sulfone groups is 1. The number of hydrogen-bond donors (Lipinski definition) is 2. The zero-order chi connectivity index (χ0) is 16.3. The van der Waals surface area contributed by atoms with E-state index in [1.807, 2.05) is 0 Å². The molecule has 0 bridgehead atoms. The van der Waals surface area contributed by atoms with Crippen molar-refractivity contribution in [1.82, 2.24) is 5.32 Å². The Labute approximate surface area is 124 Å². The molecular weight excluding hydrogens is 316 g/mol. The van der Waals surface area contributed by atoms with Gasteiger partial charge >= 0.3 is 0 Å². The molecule has 1 rings (SSSR count). The van der Waals surface area contributed by atoms with Crippen LogP contribution in [0.2, 0.25) is 0 Å². The Morgan fingerprint density at radius 2 is 1.86 bits per heavy atom. The number of carbonyl (C=O) groups is 1. The quantitative estimate of drug-likeness (QED) is 0.746. The van der Waals surface area contributed by atoms with Crippen LogP contribution in [0.15, 0.2) is 23.1 Å². The Balaban J connectivity index is 2.85. The summed E-state index contributed by atoms with van der Waals surface area (Å²) in [6.45, 7) is 3.05. The summed E-state index contributed by atoms with van der Waals surface area (Å²) >= 11 is 0. The van der Waals surface area contributed by atoms with E-state index in [0.29, 0.717) is 5.56 Å². The maximum absolute atomic E-state index is 11.9. The van der Waals surface area contributed by atoms with Gasteiger partial charge in [0.05, 0.1) is 10.6 Å². The highest BCUT2D eigenvalue weighted by atomic mass is 32.2. The average Bonchev–Trinajstić information content (AvgIpc) is 2.37. The smallest absolute Gasteiger partial charge is 0.251 e. The number of nitrogens with two attached hydrogens (primary N) is 1. The summed E-state index contributed by atoms with van der Waals surface area (Å²) in [6, 6.07) is 4.10. The number of amides is 1. The molecule has 0 unspecified atom stereocenters. The molecule has 0 saturated heterocycles. The number of benzene rings is 1. The lowest BCUT2D eigenvalue weighted by Gasteiger charge is -2.08. The number of rotatable bonds is 6. The molecule has 0 aromatic heterocycles. The van der Waals surface area contributed by atoms with E-state index in [1.165, 1.54) is 25.1 Å². The van der Waals surface area contributed by atoms with E-state index in [0.717, 1.165) is 0 Å². The molecule has 9 heteroatoms. The molecule has 0 aliphatic carbocycles. The van der Waals surface area contributed by atoms with Crippen molar-refractivity contribution >= 4 is 25.8 Å². The van der Waals surface area contributed by atoms with Gasteiger partial charge in [-0.05, 0) is 24.6 Å². The minimum atomic E-state index is -3.91. The van der Waals surface area contributed by atoms with Gasteiger partial charge in [-0.15, -0.1) is 0 Å². The number of aryl methyl sites for hydroxylation is 1. The lowest BCUT2D eigenvalue weighted by Crippen LogP contribution is -2.29. The van der Waals surface area contributed by atoms with E-state index >= 15 is 0 Å². The van der Waals surface area contributed by atoms with Crippen LogP contribution >= 0.6 is 0 Å². The fourth-order valence-electron chi connectivity index (χ4n) is 1.61. The zero-order valence-corrected chi connectivity index (χ0v) is 13.4. The Hall–Kier alpha value is -1.45. The van der Waals surface area contributed by atoms with Gasteiger partial charge in [0.1, 0.15) is 0 Å². The normalized spacial score (nSPS) is 12.1. The van der Waals surface area contributed by atoms with Gasteiger partial charge in [-0.25, -0.2) is 22.0 Å². The Morgan fingerprint density at radius 3 is 2.38 bits per heavy atom. The fraction of sp³-hybridized carbons (Fsp3) is 0.417. The van der Waals surface area contributed by atoms with E-state index in [1.54, 1.807) is 6.92 Å². The Bertz CT molecular complexity index is 739. The summed E-state index contributed by atoms with van der Waals surface area (Å²) in [6.07, 6.45) is 0. The summed E-state index contributed by atoms with van der Waals surface area (Å²) in [5.74, 6) is -0.710. The van der Waals surface area contributed by atoms with E-state index in [-0.39, 0.29) is 28.5 Å². The second kappa shape index (κ2) is 6.54. The lowest BCUT2D eigenvalue weighted by atomic mass is 10.1. The molecule has 0 atom stereocenters. The predicted molar refractivity (Wildman–Crippen MR) is 79.2 cm³/mol. The summed E-state index contributed by atoms with van der Waals surface area (Å²) < 4.78 is 45.4. The molecule has 0 heterocycles. The zero-order valence-electron chi connectivity index (χ0n) is 11.8. The molecule has 0 aliphatic rings. The van der Waals surface area contributed by atoms with Gasteiger partial charge in [0, 0.05) is 17.9 Å². The van der Waals surface area contributed by atoms with Crippen molar-refractivity contribution in [2.75, 3.05) is 18.1 Å². The third-order valence-corrected chi connectivity index (χ3v) is 5.65. The van der Waals surface area contributed by atoms with Gasteiger partial charge in [-0.1, -0.05) is 13.0 Å². The van der Waals surface area contributed by atoms with Crippen molar-refractivity contribution in [3.05, 3.63) is 29.3 Å². The van der Waals surface area contributed by atoms with Gasteiger partial charge < -0.3 is 5.32 Å². The fourth-order valence-corrected chi connectivity index (χ4v) is 3.12. The van der Waals surface area contributed by atoms with Crippen molar-refractivity contribution in [2.24, 2.45) is 5.14 Å². The first kappa shape index (κ1) is 17.6. The maximum atomic E-state index is 11.9. The molecule has 1 aromatic carbocycles. The van der Waals surface area contributed by atoms with E-state index in [4.69, 9.17) is 5.14 Å². The highest BCUT2D eigenvalue weighted by molar-refractivity contribution is 7.91. The van der Waals surface area contributed by atoms with Crippen LogP contribution in [0.4, 0.5) is 0 Å². The third-order valence-electron chi connectivity index (χ3n) is 2.90.